The highest BCUT2D eigenvalue weighted by molar-refractivity contribution is 5.89. The first-order chi connectivity index (χ1) is 15.9. The van der Waals surface area contributed by atoms with Gasteiger partial charge in [0.15, 0.2) is 0 Å². The lowest BCUT2D eigenvalue weighted by Crippen LogP contribution is -2.58. The molecule has 0 aromatic heterocycles. The van der Waals surface area contributed by atoms with Gasteiger partial charge in [-0.25, -0.2) is 0 Å². The summed E-state index contributed by atoms with van der Waals surface area (Å²) in [5.74, 6) is 0.181. The van der Waals surface area contributed by atoms with Gasteiger partial charge in [-0.15, -0.1) is 0 Å². The van der Waals surface area contributed by atoms with Gasteiger partial charge in [-0.05, 0) is 36.5 Å². The van der Waals surface area contributed by atoms with E-state index in [1.807, 2.05) is 4.90 Å². The number of carbonyl (C=O) groups is 3. The minimum atomic E-state index is -0.477. The molecule has 2 aromatic rings. The largest absolute Gasteiger partial charge is 0.343 e. The average molecular weight is 448 g/mol. The van der Waals surface area contributed by atoms with Gasteiger partial charge in [0.05, 0.1) is 0 Å². The summed E-state index contributed by atoms with van der Waals surface area (Å²) in [7, 11) is 1.80. The highest BCUT2D eigenvalue weighted by Crippen LogP contribution is 2.23. The first-order valence-corrected chi connectivity index (χ1v) is 11.9. The smallest absolute Gasteiger partial charge is 0.245 e. The molecule has 2 saturated heterocycles. The molecule has 3 amide bonds. The minimum Gasteiger partial charge on any atom is -0.343 e. The Morgan fingerprint density at radius 1 is 0.939 bits per heavy atom. The number of rotatable bonds is 7. The fourth-order valence-electron chi connectivity index (χ4n) is 4.72. The monoisotopic (exact) mass is 447 g/mol. The Balaban J connectivity index is 1.40. The maximum Gasteiger partial charge on any atom is 0.245 e. The van der Waals surface area contributed by atoms with Crippen molar-refractivity contribution in [2.24, 2.45) is 0 Å². The van der Waals surface area contributed by atoms with Crippen molar-refractivity contribution >= 4 is 17.7 Å². The van der Waals surface area contributed by atoms with Gasteiger partial charge in [-0.1, -0.05) is 54.1 Å². The summed E-state index contributed by atoms with van der Waals surface area (Å²) in [6.07, 6.45) is 3.04. The van der Waals surface area contributed by atoms with E-state index in [2.05, 4.69) is 55.5 Å². The first-order valence-electron chi connectivity index (χ1n) is 11.9. The van der Waals surface area contributed by atoms with E-state index in [4.69, 9.17) is 0 Å². The number of hydrogen-bond donors (Lipinski definition) is 0. The summed E-state index contributed by atoms with van der Waals surface area (Å²) in [4.78, 5) is 43.1. The number of aryl methyl sites for hydroxylation is 1. The second kappa shape index (κ2) is 10.2. The molecule has 2 heterocycles. The molecule has 0 radical (unpaired) electrons. The van der Waals surface area contributed by atoms with Crippen molar-refractivity contribution in [3.63, 3.8) is 0 Å². The Morgan fingerprint density at radius 3 is 2.24 bits per heavy atom. The minimum absolute atomic E-state index is 0.00405. The molecule has 2 fully saturated rings. The average Bonchev–Trinajstić information content (AvgIpc) is 3.22. The number of carbonyl (C=O) groups excluding carboxylic acids is 3. The van der Waals surface area contributed by atoms with E-state index >= 15 is 0 Å². The third kappa shape index (κ3) is 5.44. The normalized spacial score (nSPS) is 18.8. The van der Waals surface area contributed by atoms with Crippen molar-refractivity contribution in [1.82, 2.24) is 14.7 Å². The molecule has 0 bridgehead atoms. The van der Waals surface area contributed by atoms with Crippen LogP contribution in [-0.4, -0.2) is 71.7 Å². The van der Waals surface area contributed by atoms with Crippen LogP contribution in [-0.2, 0) is 20.8 Å². The molecule has 2 aliphatic heterocycles. The molecule has 0 N–H and O–H groups in total. The highest BCUT2D eigenvalue weighted by atomic mass is 16.2. The van der Waals surface area contributed by atoms with Gasteiger partial charge in [0.25, 0.3) is 0 Å². The molecule has 2 aromatic carbocycles. The molecule has 33 heavy (non-hydrogen) atoms. The number of benzene rings is 2. The van der Waals surface area contributed by atoms with Gasteiger partial charge < -0.3 is 14.7 Å². The predicted octanol–water partition coefficient (Wildman–Crippen LogP) is 3.28. The summed E-state index contributed by atoms with van der Waals surface area (Å²) in [5, 5.41) is 0. The summed E-state index contributed by atoms with van der Waals surface area (Å²) < 4.78 is 0. The Labute approximate surface area is 196 Å². The second-order valence-electron chi connectivity index (χ2n) is 9.22. The predicted molar refractivity (Wildman–Crippen MR) is 129 cm³/mol. The molecule has 0 spiro atoms. The van der Waals surface area contributed by atoms with Crippen LogP contribution in [0.3, 0.4) is 0 Å². The quantitative estimate of drug-likeness (QED) is 0.655. The van der Waals surface area contributed by atoms with E-state index in [0.717, 1.165) is 29.7 Å². The lowest BCUT2D eigenvalue weighted by molar-refractivity contribution is -0.150. The third-order valence-corrected chi connectivity index (χ3v) is 6.79. The lowest BCUT2D eigenvalue weighted by Gasteiger charge is -2.39. The van der Waals surface area contributed by atoms with E-state index in [9.17, 15) is 14.4 Å². The molecule has 174 valence electrons. The first kappa shape index (κ1) is 23.0. The maximum atomic E-state index is 13.0. The summed E-state index contributed by atoms with van der Waals surface area (Å²) >= 11 is 0. The van der Waals surface area contributed by atoms with Crippen LogP contribution in [0, 0.1) is 6.92 Å². The van der Waals surface area contributed by atoms with E-state index in [0.29, 0.717) is 45.3 Å². The van der Waals surface area contributed by atoms with Gasteiger partial charge in [0.2, 0.25) is 17.7 Å². The number of amides is 3. The van der Waals surface area contributed by atoms with Crippen molar-refractivity contribution in [1.29, 1.82) is 0 Å². The molecule has 6 heteroatoms. The molecular formula is C27H33N3O3. The Morgan fingerprint density at radius 2 is 1.61 bits per heavy atom. The fourth-order valence-corrected chi connectivity index (χ4v) is 4.72. The molecule has 2 aliphatic rings. The molecule has 4 rings (SSSR count). The lowest BCUT2D eigenvalue weighted by atomic mass is 9.97. The van der Waals surface area contributed by atoms with Crippen LogP contribution in [0.4, 0.5) is 0 Å². The van der Waals surface area contributed by atoms with Crippen LogP contribution in [0.25, 0.3) is 11.1 Å². The molecular weight excluding hydrogens is 414 g/mol. The second-order valence-corrected chi connectivity index (χ2v) is 9.22. The summed E-state index contributed by atoms with van der Waals surface area (Å²) in [5.41, 5.74) is 4.57. The van der Waals surface area contributed by atoms with Crippen molar-refractivity contribution < 1.29 is 14.4 Å². The number of hydrogen-bond acceptors (Lipinski definition) is 3. The van der Waals surface area contributed by atoms with Crippen molar-refractivity contribution in [3.8, 4) is 11.1 Å². The van der Waals surface area contributed by atoms with E-state index < -0.39 is 6.04 Å². The third-order valence-electron chi connectivity index (χ3n) is 6.79. The zero-order chi connectivity index (χ0) is 23.4. The Hall–Kier alpha value is -3.15. The van der Waals surface area contributed by atoms with Gasteiger partial charge in [-0.3, -0.25) is 14.4 Å². The maximum absolute atomic E-state index is 13.0. The van der Waals surface area contributed by atoms with Crippen LogP contribution in [0.5, 0.6) is 0 Å². The number of likely N-dealkylation sites (tertiary alicyclic amines) is 1. The zero-order valence-corrected chi connectivity index (χ0v) is 19.6. The van der Waals surface area contributed by atoms with Gasteiger partial charge in [0, 0.05) is 52.5 Å². The van der Waals surface area contributed by atoms with Gasteiger partial charge in [0.1, 0.15) is 6.04 Å². The van der Waals surface area contributed by atoms with Crippen LogP contribution in [0.15, 0.2) is 48.5 Å². The zero-order valence-electron chi connectivity index (χ0n) is 19.6. The van der Waals surface area contributed by atoms with Crippen LogP contribution in [0.2, 0.25) is 0 Å². The number of nitrogens with zero attached hydrogens (tertiary/aromatic N) is 3. The fraction of sp³-hybridized carbons (Fsp3) is 0.444. The molecule has 0 aliphatic carbocycles. The molecule has 0 saturated carbocycles. The number of piperazine rings is 1. The highest BCUT2D eigenvalue weighted by Gasteiger charge is 2.35. The van der Waals surface area contributed by atoms with Crippen molar-refractivity contribution in [3.05, 3.63) is 59.7 Å². The van der Waals surface area contributed by atoms with Crippen LogP contribution in [0.1, 0.15) is 36.8 Å². The van der Waals surface area contributed by atoms with Crippen LogP contribution >= 0.6 is 0 Å². The van der Waals surface area contributed by atoms with E-state index in [-0.39, 0.29) is 17.7 Å². The van der Waals surface area contributed by atoms with E-state index in [1.165, 1.54) is 5.56 Å². The van der Waals surface area contributed by atoms with Crippen molar-refractivity contribution in [2.75, 3.05) is 33.2 Å². The van der Waals surface area contributed by atoms with Crippen molar-refractivity contribution in [2.45, 2.75) is 45.1 Å². The summed E-state index contributed by atoms with van der Waals surface area (Å²) in [6, 6.07) is 16.2. The molecule has 1 unspecified atom stereocenters. The van der Waals surface area contributed by atoms with Crippen LogP contribution < -0.4 is 0 Å². The number of likely N-dealkylation sites (N-methyl/N-ethyl adjacent to an activating group) is 1. The SMILES string of the molecule is Cc1ccc(-c2ccc(CC3C(=O)N(C)CCN3C(=O)CCCN3CCCC3=O)cc2)cc1. The Bertz CT molecular complexity index is 1000. The van der Waals surface area contributed by atoms with E-state index in [1.54, 1.807) is 16.8 Å². The molecule has 6 nitrogen and oxygen atoms in total. The topological polar surface area (TPSA) is 60.9 Å². The van der Waals surface area contributed by atoms with Gasteiger partial charge >= 0.3 is 0 Å². The molecule has 1 atom stereocenters. The van der Waals surface area contributed by atoms with Gasteiger partial charge in [-0.2, -0.15) is 0 Å². The standard InChI is InChI=1S/C27H33N3O3/c1-20-7-11-22(12-8-20)23-13-9-21(10-14-23)19-24-27(33)28(2)17-18-30(24)26(32)6-4-16-29-15-3-5-25(29)31/h7-14,24H,3-6,15-19H2,1-2H3. The summed E-state index contributed by atoms with van der Waals surface area (Å²) in [6.45, 7) is 4.59. The Kier molecular flexibility index (Phi) is 7.11.